The molecule has 3 aromatic carbocycles. The topological polar surface area (TPSA) is 87.7 Å². The monoisotopic (exact) mass is 434 g/mol. The summed E-state index contributed by atoms with van der Waals surface area (Å²) in [6.07, 6.45) is 1.96. The maximum Gasteiger partial charge on any atom is 0.242 e. The number of benzene rings is 3. The van der Waals surface area contributed by atoms with Gasteiger partial charge in [0.25, 0.3) is 0 Å². The molecule has 0 unspecified atom stereocenters. The van der Waals surface area contributed by atoms with Gasteiger partial charge in [-0.2, -0.15) is 8.75 Å². The van der Waals surface area contributed by atoms with Gasteiger partial charge in [0.2, 0.25) is 10.0 Å². The van der Waals surface area contributed by atoms with Crippen LogP contribution in [-0.2, 0) is 10.0 Å². The van der Waals surface area contributed by atoms with Gasteiger partial charge in [-0.05, 0) is 29.3 Å². The smallest absolute Gasteiger partial charge is 0.242 e. The van der Waals surface area contributed by atoms with E-state index in [1.165, 1.54) is 0 Å². The van der Waals surface area contributed by atoms with E-state index in [0.29, 0.717) is 11.0 Å². The van der Waals surface area contributed by atoms with Crippen LogP contribution in [0.4, 0.5) is 0 Å². The molecule has 0 saturated carbocycles. The van der Waals surface area contributed by atoms with Crippen LogP contribution in [0.5, 0.6) is 0 Å². The molecule has 5 aromatic rings. The zero-order chi connectivity index (χ0) is 20.6. The second-order valence-corrected chi connectivity index (χ2v) is 9.26. The summed E-state index contributed by atoms with van der Waals surface area (Å²) in [7, 11) is -3.76. The molecule has 6 nitrogen and oxygen atoms in total. The van der Waals surface area contributed by atoms with Gasteiger partial charge in [-0.25, -0.2) is 13.1 Å². The highest BCUT2D eigenvalue weighted by Crippen LogP contribution is 2.31. The minimum Gasteiger partial charge on any atom is -0.361 e. The third kappa shape index (κ3) is 3.39. The molecule has 2 N–H and O–H groups in total. The first-order chi connectivity index (χ1) is 14.6. The lowest BCUT2D eigenvalue weighted by Gasteiger charge is -2.18. The molecular formula is C22H18N4O2S2. The number of nitrogens with zero attached hydrogens (tertiary/aromatic N) is 2. The van der Waals surface area contributed by atoms with Gasteiger partial charge in [-0.1, -0.05) is 54.6 Å². The summed E-state index contributed by atoms with van der Waals surface area (Å²) >= 11 is 1.01. The molecule has 8 heteroatoms. The molecule has 2 aromatic heterocycles. The minimum absolute atomic E-state index is 0.148. The summed E-state index contributed by atoms with van der Waals surface area (Å²) in [6, 6.07) is 23.0. The molecule has 0 aliphatic carbocycles. The predicted molar refractivity (Wildman–Crippen MR) is 119 cm³/mol. The van der Waals surface area contributed by atoms with Crippen molar-refractivity contribution in [3.05, 3.63) is 90.1 Å². The molecule has 0 fully saturated rings. The van der Waals surface area contributed by atoms with Crippen molar-refractivity contribution in [3.8, 4) is 0 Å². The van der Waals surface area contributed by atoms with Crippen LogP contribution in [0.3, 0.4) is 0 Å². The Balaban J connectivity index is 1.53. The average Bonchev–Trinajstić information content (AvgIpc) is 3.42. The van der Waals surface area contributed by atoms with Crippen molar-refractivity contribution < 1.29 is 8.42 Å². The summed E-state index contributed by atoms with van der Waals surface area (Å²) in [5, 5.41) is 1.08. The SMILES string of the molecule is O=S(=O)(NC[C@@H](c1ccccc1)c1c[nH]c2ccccc12)c1cccc2nsnc12. The van der Waals surface area contributed by atoms with E-state index in [2.05, 4.69) is 18.5 Å². The molecule has 1 atom stereocenters. The summed E-state index contributed by atoms with van der Waals surface area (Å²) in [5.41, 5.74) is 4.10. The summed E-state index contributed by atoms with van der Waals surface area (Å²) in [5.74, 6) is -0.148. The molecule has 0 spiro atoms. The largest absolute Gasteiger partial charge is 0.361 e. The molecule has 0 bridgehead atoms. The summed E-state index contributed by atoms with van der Waals surface area (Å²) in [4.78, 5) is 3.45. The minimum atomic E-state index is -3.76. The van der Waals surface area contributed by atoms with Crippen molar-refractivity contribution in [2.75, 3.05) is 6.54 Å². The number of sulfonamides is 1. The Hall–Kier alpha value is -3.07. The number of para-hydroxylation sites is 1. The van der Waals surface area contributed by atoms with Crippen molar-refractivity contribution in [1.29, 1.82) is 0 Å². The second-order valence-electron chi connectivity index (χ2n) is 6.99. The van der Waals surface area contributed by atoms with Crippen LogP contribution in [0.15, 0.2) is 83.9 Å². The lowest BCUT2D eigenvalue weighted by Crippen LogP contribution is -2.29. The molecule has 0 aliphatic rings. The van der Waals surface area contributed by atoms with Crippen molar-refractivity contribution in [1.82, 2.24) is 18.5 Å². The fraction of sp³-hybridized carbons (Fsp3) is 0.0909. The Bertz CT molecular complexity index is 1430. The lowest BCUT2D eigenvalue weighted by atomic mass is 9.91. The standard InChI is InChI=1S/C22H18N4O2S2/c27-30(28,21-12-6-11-20-22(21)26-29-25-20)24-14-17(15-7-2-1-3-8-15)18-13-23-19-10-5-4-9-16(18)19/h1-13,17,23-24H,14H2/t17-/m0/s1. The number of hydrogen-bond acceptors (Lipinski definition) is 5. The van der Waals surface area contributed by atoms with Crippen molar-refractivity contribution in [2.45, 2.75) is 10.8 Å². The highest BCUT2D eigenvalue weighted by Gasteiger charge is 2.24. The summed E-state index contributed by atoms with van der Waals surface area (Å²) < 4.78 is 37.4. The Morgan fingerprint density at radius 1 is 0.933 bits per heavy atom. The quantitative estimate of drug-likeness (QED) is 0.417. The van der Waals surface area contributed by atoms with Crippen LogP contribution >= 0.6 is 11.7 Å². The molecule has 0 aliphatic heterocycles. The van der Waals surface area contributed by atoms with Gasteiger partial charge in [-0.15, -0.1) is 0 Å². The lowest BCUT2D eigenvalue weighted by molar-refractivity contribution is 0.578. The summed E-state index contributed by atoms with van der Waals surface area (Å²) in [6.45, 7) is 0.224. The van der Waals surface area contributed by atoms with Crippen LogP contribution in [0.2, 0.25) is 0 Å². The van der Waals surface area contributed by atoms with Gasteiger partial charge >= 0.3 is 0 Å². The van der Waals surface area contributed by atoms with E-state index < -0.39 is 10.0 Å². The molecule has 2 heterocycles. The van der Waals surface area contributed by atoms with E-state index in [0.717, 1.165) is 33.8 Å². The van der Waals surface area contributed by atoms with Crippen LogP contribution in [0.25, 0.3) is 21.9 Å². The van der Waals surface area contributed by atoms with Gasteiger partial charge in [0.15, 0.2) is 0 Å². The van der Waals surface area contributed by atoms with E-state index in [1.807, 2.05) is 60.8 Å². The van der Waals surface area contributed by atoms with E-state index in [9.17, 15) is 8.42 Å². The number of rotatable bonds is 6. The molecule has 0 radical (unpaired) electrons. The van der Waals surface area contributed by atoms with Gasteiger partial charge < -0.3 is 4.98 Å². The maximum absolute atomic E-state index is 13.1. The first-order valence-electron chi connectivity index (χ1n) is 9.45. The fourth-order valence-corrected chi connectivity index (χ4v) is 5.56. The molecular weight excluding hydrogens is 416 g/mol. The molecule has 0 saturated heterocycles. The van der Waals surface area contributed by atoms with E-state index in [-0.39, 0.29) is 17.4 Å². The Morgan fingerprint density at radius 2 is 1.73 bits per heavy atom. The van der Waals surface area contributed by atoms with Crippen LogP contribution < -0.4 is 4.72 Å². The van der Waals surface area contributed by atoms with Crippen LogP contribution in [0, 0.1) is 0 Å². The third-order valence-corrected chi connectivity index (χ3v) is 7.21. The molecule has 150 valence electrons. The highest BCUT2D eigenvalue weighted by molar-refractivity contribution is 7.89. The van der Waals surface area contributed by atoms with Crippen molar-refractivity contribution in [3.63, 3.8) is 0 Å². The molecule has 30 heavy (non-hydrogen) atoms. The molecule has 5 rings (SSSR count). The zero-order valence-electron chi connectivity index (χ0n) is 15.8. The average molecular weight is 435 g/mol. The number of aromatic amines is 1. The first-order valence-corrected chi connectivity index (χ1v) is 11.7. The second kappa shape index (κ2) is 7.64. The van der Waals surface area contributed by atoms with E-state index in [4.69, 9.17) is 0 Å². The van der Waals surface area contributed by atoms with Gasteiger partial charge in [-0.3, -0.25) is 0 Å². The van der Waals surface area contributed by atoms with E-state index in [1.54, 1.807) is 18.2 Å². The Labute approximate surface area is 178 Å². The van der Waals surface area contributed by atoms with Crippen LogP contribution in [-0.4, -0.2) is 28.7 Å². The Kier molecular flexibility index (Phi) is 4.82. The number of H-pyrrole nitrogens is 1. The third-order valence-electron chi connectivity index (χ3n) is 5.21. The zero-order valence-corrected chi connectivity index (χ0v) is 17.5. The normalized spacial score (nSPS) is 13.1. The van der Waals surface area contributed by atoms with Gasteiger partial charge in [0.05, 0.1) is 11.7 Å². The van der Waals surface area contributed by atoms with Crippen molar-refractivity contribution in [2.24, 2.45) is 0 Å². The van der Waals surface area contributed by atoms with Crippen molar-refractivity contribution >= 4 is 43.7 Å². The molecule has 0 amide bonds. The van der Waals surface area contributed by atoms with Gasteiger partial charge in [0.1, 0.15) is 15.9 Å². The Morgan fingerprint density at radius 3 is 2.60 bits per heavy atom. The number of hydrogen-bond donors (Lipinski definition) is 2. The van der Waals surface area contributed by atoms with Crippen LogP contribution in [0.1, 0.15) is 17.0 Å². The fourth-order valence-electron chi connectivity index (χ4n) is 3.74. The number of fused-ring (bicyclic) bond motifs is 2. The number of aromatic nitrogens is 3. The maximum atomic E-state index is 13.1. The predicted octanol–water partition coefficient (Wildman–Crippen LogP) is 4.28. The van der Waals surface area contributed by atoms with E-state index >= 15 is 0 Å². The first kappa shape index (κ1) is 18.9. The number of nitrogens with one attached hydrogen (secondary N) is 2. The van der Waals surface area contributed by atoms with Gasteiger partial charge in [0, 0.05) is 29.6 Å². The highest BCUT2D eigenvalue weighted by atomic mass is 32.2.